The van der Waals surface area contributed by atoms with E-state index in [2.05, 4.69) is 0 Å². The van der Waals surface area contributed by atoms with Crippen molar-refractivity contribution in [3.05, 3.63) is 38.4 Å². The van der Waals surface area contributed by atoms with E-state index in [1.807, 2.05) is 0 Å². The Morgan fingerprint density at radius 3 is 2.11 bits per heavy atom. The average molecular weight is 270 g/mol. The summed E-state index contributed by atoms with van der Waals surface area (Å²) in [6.45, 7) is 0. The summed E-state index contributed by atoms with van der Waals surface area (Å²) >= 11 is 0. The predicted octanol–water partition coefficient (Wildman–Crippen LogP) is 1.25. The lowest BCUT2D eigenvalue weighted by atomic mass is 10.2. The maximum atomic E-state index is 13.2. The molecule has 0 atom stereocenters. The first-order valence-corrected chi connectivity index (χ1v) is 4.47. The molecule has 1 heterocycles. The van der Waals surface area contributed by atoms with Crippen LogP contribution >= 0.6 is 0 Å². The van der Waals surface area contributed by atoms with Gasteiger partial charge in [-0.15, -0.1) is 0 Å². The van der Waals surface area contributed by atoms with Crippen molar-refractivity contribution in [2.24, 2.45) is 14.1 Å². The second-order valence-electron chi connectivity index (χ2n) is 3.43. The van der Waals surface area contributed by atoms with E-state index in [0.717, 1.165) is 14.1 Å². The summed E-state index contributed by atoms with van der Waals surface area (Å²) in [5.74, 6) is -5.36. The number of hydrogen-bond acceptors (Lipinski definition) is 2. The zero-order valence-electron chi connectivity index (χ0n) is 9.18. The largest absolute Gasteiger partial charge is 0.445 e. The number of aromatic nitrogens is 2. The van der Waals surface area contributed by atoms with Crippen LogP contribution in [0.25, 0.3) is 5.83 Å². The monoisotopic (exact) mass is 270 g/mol. The molecule has 0 aliphatic heterocycles. The summed E-state index contributed by atoms with van der Waals surface area (Å²) in [7, 11) is 2.02. The van der Waals surface area contributed by atoms with Gasteiger partial charge in [-0.25, -0.2) is 9.18 Å². The third-order valence-corrected chi connectivity index (χ3v) is 2.12. The zero-order chi connectivity index (χ0) is 14.2. The van der Waals surface area contributed by atoms with E-state index in [4.69, 9.17) is 0 Å². The minimum absolute atomic E-state index is 0.374. The molecule has 1 aromatic heterocycles. The van der Waals surface area contributed by atoms with Gasteiger partial charge in [0.05, 0.1) is 5.56 Å². The Morgan fingerprint density at radius 1 is 1.17 bits per heavy atom. The molecule has 0 saturated heterocycles. The number of hydrogen-bond donors (Lipinski definition) is 0. The van der Waals surface area contributed by atoms with E-state index in [9.17, 15) is 31.5 Å². The van der Waals surface area contributed by atoms with Crippen LogP contribution < -0.4 is 11.2 Å². The van der Waals surface area contributed by atoms with Crippen molar-refractivity contribution >= 4 is 5.83 Å². The van der Waals surface area contributed by atoms with Crippen molar-refractivity contribution in [3.63, 3.8) is 0 Å². The maximum absolute atomic E-state index is 13.2. The van der Waals surface area contributed by atoms with Gasteiger partial charge in [-0.05, 0) is 0 Å². The normalized spacial score (nSPS) is 13.5. The first-order valence-electron chi connectivity index (χ1n) is 4.47. The molecule has 0 radical (unpaired) electrons. The van der Waals surface area contributed by atoms with Gasteiger partial charge in [0.2, 0.25) is 5.83 Å². The van der Waals surface area contributed by atoms with E-state index in [1.165, 1.54) is 0 Å². The fraction of sp³-hybridized carbons (Fsp3) is 0.333. The van der Waals surface area contributed by atoms with E-state index in [1.54, 1.807) is 0 Å². The minimum Gasteiger partial charge on any atom is -0.303 e. The van der Waals surface area contributed by atoms with Crippen LogP contribution in [-0.2, 0) is 14.1 Å². The first kappa shape index (κ1) is 14.1. The smallest absolute Gasteiger partial charge is 0.303 e. The van der Waals surface area contributed by atoms with Crippen LogP contribution in [-0.4, -0.2) is 15.3 Å². The van der Waals surface area contributed by atoms with Gasteiger partial charge in [0.15, 0.2) is 5.83 Å². The van der Waals surface area contributed by atoms with Gasteiger partial charge in [0, 0.05) is 20.3 Å². The van der Waals surface area contributed by atoms with Crippen molar-refractivity contribution in [1.82, 2.24) is 9.13 Å². The Bertz CT molecular complexity index is 623. The fourth-order valence-electron chi connectivity index (χ4n) is 1.20. The van der Waals surface area contributed by atoms with Crippen LogP contribution in [0, 0.1) is 0 Å². The molecule has 0 amide bonds. The van der Waals surface area contributed by atoms with Crippen molar-refractivity contribution in [2.45, 2.75) is 6.18 Å². The lowest BCUT2D eigenvalue weighted by Crippen LogP contribution is -2.38. The molecule has 18 heavy (non-hydrogen) atoms. The Balaban J connectivity index is 3.65. The van der Waals surface area contributed by atoms with Gasteiger partial charge < -0.3 is 4.57 Å². The van der Waals surface area contributed by atoms with Crippen molar-refractivity contribution in [2.75, 3.05) is 0 Å². The molecule has 0 N–H and O–H groups in total. The molecule has 1 rings (SSSR count). The lowest BCUT2D eigenvalue weighted by Gasteiger charge is -2.07. The molecule has 0 saturated carbocycles. The molecule has 0 unspecified atom stereocenters. The number of allylic oxidation sites excluding steroid dienone is 1. The van der Waals surface area contributed by atoms with E-state index in [-0.39, 0.29) is 0 Å². The molecule has 0 bridgehead atoms. The summed E-state index contributed by atoms with van der Waals surface area (Å²) < 4.78 is 62.8. The highest BCUT2D eigenvalue weighted by Crippen LogP contribution is 2.32. The highest BCUT2D eigenvalue weighted by molar-refractivity contribution is 5.60. The number of alkyl halides is 3. The Labute approximate surface area is 96.6 Å². The number of halogens is 5. The quantitative estimate of drug-likeness (QED) is 0.721. The second kappa shape index (κ2) is 4.39. The van der Waals surface area contributed by atoms with Crippen molar-refractivity contribution in [3.8, 4) is 0 Å². The topological polar surface area (TPSA) is 44.0 Å². The minimum atomic E-state index is -5.54. The van der Waals surface area contributed by atoms with Crippen LogP contribution in [0.3, 0.4) is 0 Å². The highest BCUT2D eigenvalue weighted by Gasteiger charge is 2.39. The molecule has 0 spiro atoms. The van der Waals surface area contributed by atoms with Gasteiger partial charge >= 0.3 is 11.9 Å². The van der Waals surface area contributed by atoms with Gasteiger partial charge in [-0.2, -0.15) is 17.6 Å². The van der Waals surface area contributed by atoms with Crippen LogP contribution in [0.5, 0.6) is 0 Å². The number of aryl methyl sites for hydroxylation is 1. The molecule has 0 fully saturated rings. The molecular weight excluding hydrogens is 263 g/mol. The zero-order valence-corrected chi connectivity index (χ0v) is 9.18. The molecule has 100 valence electrons. The van der Waals surface area contributed by atoms with Gasteiger partial charge in [-0.1, -0.05) is 0 Å². The first-order chi connectivity index (χ1) is 8.07. The lowest BCUT2D eigenvalue weighted by molar-refractivity contribution is -0.108. The molecule has 0 aliphatic carbocycles. The highest BCUT2D eigenvalue weighted by atomic mass is 19.4. The summed E-state index contributed by atoms with van der Waals surface area (Å²) in [6, 6.07) is 0. The second-order valence-corrected chi connectivity index (χ2v) is 3.43. The molecule has 1 aromatic rings. The third kappa shape index (κ3) is 2.34. The average Bonchev–Trinajstić information content (AvgIpc) is 2.28. The Hall–Kier alpha value is -1.93. The SMILES string of the molecule is Cn1cc(/C(F)=C(/F)C(F)(F)F)c(=O)n(C)c1=O. The maximum Gasteiger partial charge on any atom is 0.445 e. The van der Waals surface area contributed by atoms with Crippen molar-refractivity contribution in [1.29, 1.82) is 0 Å². The van der Waals surface area contributed by atoms with Gasteiger partial charge in [-0.3, -0.25) is 9.36 Å². The molecular formula is C9H7F5N2O2. The van der Waals surface area contributed by atoms with Gasteiger partial charge in [0.1, 0.15) is 0 Å². The fourth-order valence-corrected chi connectivity index (χ4v) is 1.20. The van der Waals surface area contributed by atoms with E-state index < -0.39 is 34.6 Å². The van der Waals surface area contributed by atoms with E-state index in [0.29, 0.717) is 15.3 Å². The standard InChI is InChI=1S/C9H7F5N2O2/c1-15-3-4(7(17)16(2)8(15)18)5(10)6(11)9(12,13)14/h3H,1-2H3/b6-5-. The van der Waals surface area contributed by atoms with Crippen LogP contribution in [0.4, 0.5) is 22.0 Å². The summed E-state index contributed by atoms with van der Waals surface area (Å²) in [5.41, 5.74) is -3.40. The molecule has 0 aromatic carbocycles. The number of rotatable bonds is 1. The molecule has 0 aliphatic rings. The van der Waals surface area contributed by atoms with E-state index >= 15 is 0 Å². The van der Waals surface area contributed by atoms with Crippen LogP contribution in [0.15, 0.2) is 21.6 Å². The Morgan fingerprint density at radius 2 is 1.67 bits per heavy atom. The Kier molecular flexibility index (Phi) is 3.45. The summed E-state index contributed by atoms with van der Waals surface area (Å²) in [4.78, 5) is 22.6. The number of nitrogens with zero attached hydrogens (tertiary/aromatic N) is 2. The molecule has 9 heteroatoms. The molecule has 4 nitrogen and oxygen atoms in total. The summed E-state index contributed by atoms with van der Waals surface area (Å²) in [5, 5.41) is 0. The predicted molar refractivity (Wildman–Crippen MR) is 52.1 cm³/mol. The summed E-state index contributed by atoms with van der Waals surface area (Å²) in [6.07, 6.45) is -5.03. The van der Waals surface area contributed by atoms with Crippen LogP contribution in [0.2, 0.25) is 0 Å². The van der Waals surface area contributed by atoms with Gasteiger partial charge in [0.25, 0.3) is 5.56 Å². The van der Waals surface area contributed by atoms with Crippen LogP contribution in [0.1, 0.15) is 5.56 Å². The third-order valence-electron chi connectivity index (χ3n) is 2.12. The van der Waals surface area contributed by atoms with Crippen molar-refractivity contribution < 1.29 is 22.0 Å².